The van der Waals surface area contributed by atoms with E-state index in [9.17, 15) is 18.0 Å². The number of Topliss-reactive ketones (excluding diaryl/α,β-unsaturated/α-hetero) is 1. The van der Waals surface area contributed by atoms with Gasteiger partial charge in [-0.15, -0.1) is 0 Å². The van der Waals surface area contributed by atoms with Crippen LogP contribution < -0.4 is 4.74 Å². The van der Waals surface area contributed by atoms with E-state index in [1.165, 1.54) is 29.6 Å². The van der Waals surface area contributed by atoms with Crippen molar-refractivity contribution < 1.29 is 27.5 Å². The normalized spacial score (nSPS) is 15.4. The van der Waals surface area contributed by atoms with Crippen molar-refractivity contribution in [2.24, 2.45) is 0 Å². The first-order valence-corrected chi connectivity index (χ1v) is 13.0. The average Bonchev–Trinajstić information content (AvgIpc) is 3.11. The number of sulfonamides is 1. The summed E-state index contributed by atoms with van der Waals surface area (Å²) in [4.78, 5) is 25.1. The Morgan fingerprint density at radius 2 is 1.50 bits per heavy atom. The molecule has 0 aliphatic carbocycles. The molecule has 34 heavy (non-hydrogen) atoms. The standard InChI is InChI=1S/C26H33NO6S/c1-26(2,3)21-12-9-19(10-13-21)22(28)18-33-25(29)20-11-14-23(32-4)24(17-20)34(30,31)27-15-7-5-6-8-16-27/h9-14,17H,5-8,15-16,18H2,1-4H3. The first kappa shape index (κ1) is 25.9. The number of ketones is 1. The van der Waals surface area contributed by atoms with Gasteiger partial charge in [-0.1, -0.05) is 57.9 Å². The van der Waals surface area contributed by atoms with E-state index >= 15 is 0 Å². The van der Waals surface area contributed by atoms with E-state index in [2.05, 4.69) is 20.8 Å². The monoisotopic (exact) mass is 487 g/mol. The summed E-state index contributed by atoms with van der Waals surface area (Å²) in [6.45, 7) is 6.69. The molecule has 0 N–H and O–H groups in total. The summed E-state index contributed by atoms with van der Waals surface area (Å²) in [5.41, 5.74) is 1.55. The van der Waals surface area contributed by atoms with Crippen molar-refractivity contribution in [2.45, 2.75) is 56.8 Å². The van der Waals surface area contributed by atoms with Gasteiger partial charge in [0.1, 0.15) is 10.6 Å². The molecule has 2 aromatic carbocycles. The van der Waals surface area contributed by atoms with Gasteiger partial charge in [-0.3, -0.25) is 4.79 Å². The van der Waals surface area contributed by atoms with E-state index in [0.717, 1.165) is 31.2 Å². The molecule has 0 radical (unpaired) electrons. The highest BCUT2D eigenvalue weighted by Crippen LogP contribution is 2.30. The molecule has 0 bridgehead atoms. The highest BCUT2D eigenvalue weighted by atomic mass is 32.2. The molecular formula is C26H33NO6S. The van der Waals surface area contributed by atoms with Crippen LogP contribution >= 0.6 is 0 Å². The maximum Gasteiger partial charge on any atom is 0.338 e. The second-order valence-corrected chi connectivity index (χ2v) is 11.4. The molecule has 1 fully saturated rings. The number of nitrogens with zero attached hydrogens (tertiary/aromatic N) is 1. The highest BCUT2D eigenvalue weighted by molar-refractivity contribution is 7.89. The number of ether oxygens (including phenoxy) is 2. The number of carbonyl (C=O) groups excluding carboxylic acids is 2. The Balaban J connectivity index is 1.74. The number of methoxy groups -OCH3 is 1. The Labute approximate surface area is 202 Å². The Hall–Kier alpha value is -2.71. The van der Waals surface area contributed by atoms with Gasteiger partial charge < -0.3 is 9.47 Å². The lowest BCUT2D eigenvalue weighted by molar-refractivity contribution is 0.0474. The van der Waals surface area contributed by atoms with Gasteiger partial charge in [-0.05, 0) is 42.0 Å². The minimum Gasteiger partial charge on any atom is -0.495 e. The third-order valence-electron chi connectivity index (χ3n) is 5.99. The van der Waals surface area contributed by atoms with Crippen molar-refractivity contribution in [3.05, 3.63) is 59.2 Å². The molecule has 1 aliphatic rings. The second-order valence-electron chi connectivity index (χ2n) is 9.51. The summed E-state index contributed by atoms with van der Waals surface area (Å²) in [5.74, 6) is -0.940. The molecule has 1 heterocycles. The van der Waals surface area contributed by atoms with Crippen molar-refractivity contribution in [1.82, 2.24) is 4.31 Å². The predicted octanol–water partition coefficient (Wildman–Crippen LogP) is 4.60. The van der Waals surface area contributed by atoms with Crippen molar-refractivity contribution in [2.75, 3.05) is 26.8 Å². The molecule has 0 atom stereocenters. The zero-order valence-electron chi connectivity index (χ0n) is 20.3. The minimum absolute atomic E-state index is 0.0340. The molecule has 3 rings (SSSR count). The fourth-order valence-electron chi connectivity index (χ4n) is 3.88. The summed E-state index contributed by atoms with van der Waals surface area (Å²) in [7, 11) is -2.45. The van der Waals surface area contributed by atoms with Gasteiger partial charge in [0.15, 0.2) is 12.4 Å². The summed E-state index contributed by atoms with van der Waals surface area (Å²) in [6.07, 6.45) is 3.56. The Bertz CT molecular complexity index is 1120. The quantitative estimate of drug-likeness (QED) is 0.419. The molecule has 184 valence electrons. The van der Waals surface area contributed by atoms with Crippen LogP contribution in [0.5, 0.6) is 5.75 Å². The van der Waals surface area contributed by atoms with Crippen LogP contribution in [-0.2, 0) is 20.2 Å². The van der Waals surface area contributed by atoms with Crippen LogP contribution in [0.3, 0.4) is 0 Å². The van der Waals surface area contributed by atoms with Gasteiger partial charge >= 0.3 is 5.97 Å². The van der Waals surface area contributed by atoms with Gasteiger partial charge in [0.25, 0.3) is 0 Å². The zero-order chi connectivity index (χ0) is 24.9. The first-order chi connectivity index (χ1) is 16.0. The Kier molecular flexibility index (Phi) is 8.15. The molecule has 0 amide bonds. The zero-order valence-corrected chi connectivity index (χ0v) is 21.1. The number of hydrogen-bond acceptors (Lipinski definition) is 6. The van der Waals surface area contributed by atoms with E-state index in [1.54, 1.807) is 12.1 Å². The third kappa shape index (κ3) is 6.04. The maximum absolute atomic E-state index is 13.3. The van der Waals surface area contributed by atoms with Crippen molar-refractivity contribution in [3.63, 3.8) is 0 Å². The number of benzene rings is 2. The van der Waals surface area contributed by atoms with Crippen LogP contribution in [0.2, 0.25) is 0 Å². The summed E-state index contributed by atoms with van der Waals surface area (Å²) >= 11 is 0. The van der Waals surface area contributed by atoms with Crippen LogP contribution in [0.15, 0.2) is 47.4 Å². The summed E-state index contributed by atoms with van der Waals surface area (Å²) in [6, 6.07) is 11.4. The molecule has 0 aromatic heterocycles. The summed E-state index contributed by atoms with van der Waals surface area (Å²) < 4.78 is 38.5. The number of hydrogen-bond donors (Lipinski definition) is 0. The van der Waals surface area contributed by atoms with E-state index in [1.807, 2.05) is 12.1 Å². The number of carbonyl (C=O) groups is 2. The van der Waals surface area contributed by atoms with E-state index in [-0.39, 0.29) is 27.4 Å². The van der Waals surface area contributed by atoms with Crippen molar-refractivity contribution >= 4 is 21.8 Å². The molecule has 0 spiro atoms. The van der Waals surface area contributed by atoms with Crippen LogP contribution in [0.4, 0.5) is 0 Å². The lowest BCUT2D eigenvalue weighted by Gasteiger charge is -2.21. The number of rotatable bonds is 7. The molecule has 1 saturated heterocycles. The molecular weight excluding hydrogens is 454 g/mol. The lowest BCUT2D eigenvalue weighted by Crippen LogP contribution is -2.32. The topological polar surface area (TPSA) is 90.0 Å². The van der Waals surface area contributed by atoms with Gasteiger partial charge in [0.2, 0.25) is 10.0 Å². The minimum atomic E-state index is -3.84. The molecule has 7 nitrogen and oxygen atoms in total. The third-order valence-corrected chi connectivity index (χ3v) is 7.91. The molecule has 2 aromatic rings. The van der Waals surface area contributed by atoms with Crippen molar-refractivity contribution in [3.8, 4) is 5.75 Å². The maximum atomic E-state index is 13.3. The van der Waals surface area contributed by atoms with Gasteiger partial charge in [0.05, 0.1) is 12.7 Å². The smallest absolute Gasteiger partial charge is 0.338 e. The van der Waals surface area contributed by atoms with Gasteiger partial charge in [-0.2, -0.15) is 4.31 Å². The van der Waals surface area contributed by atoms with Crippen LogP contribution in [-0.4, -0.2) is 51.3 Å². The van der Waals surface area contributed by atoms with E-state index < -0.39 is 22.6 Å². The van der Waals surface area contributed by atoms with Crippen LogP contribution in [0.1, 0.15) is 72.7 Å². The predicted molar refractivity (Wildman–Crippen MR) is 130 cm³/mol. The lowest BCUT2D eigenvalue weighted by atomic mass is 9.86. The SMILES string of the molecule is COc1ccc(C(=O)OCC(=O)c2ccc(C(C)(C)C)cc2)cc1S(=O)(=O)N1CCCCCC1. The summed E-state index contributed by atoms with van der Waals surface area (Å²) in [5, 5.41) is 0. The van der Waals surface area contributed by atoms with E-state index in [4.69, 9.17) is 9.47 Å². The molecule has 0 unspecified atom stereocenters. The number of esters is 1. The van der Waals surface area contributed by atoms with Gasteiger partial charge in [-0.25, -0.2) is 13.2 Å². The average molecular weight is 488 g/mol. The van der Waals surface area contributed by atoms with E-state index in [0.29, 0.717) is 18.7 Å². The largest absolute Gasteiger partial charge is 0.495 e. The fraction of sp³-hybridized carbons (Fsp3) is 0.462. The second kappa shape index (κ2) is 10.7. The van der Waals surface area contributed by atoms with Crippen LogP contribution in [0.25, 0.3) is 0 Å². The Morgan fingerprint density at radius 1 is 0.912 bits per heavy atom. The van der Waals surface area contributed by atoms with Crippen LogP contribution in [0, 0.1) is 0 Å². The molecule has 8 heteroatoms. The Morgan fingerprint density at radius 3 is 2.06 bits per heavy atom. The highest BCUT2D eigenvalue weighted by Gasteiger charge is 2.29. The first-order valence-electron chi connectivity index (χ1n) is 11.5. The fourth-order valence-corrected chi connectivity index (χ4v) is 5.58. The van der Waals surface area contributed by atoms with Gasteiger partial charge in [0, 0.05) is 18.7 Å². The molecule has 1 aliphatic heterocycles. The van der Waals surface area contributed by atoms with Crippen molar-refractivity contribution in [1.29, 1.82) is 0 Å². The molecule has 0 saturated carbocycles.